The van der Waals surface area contributed by atoms with Crippen LogP contribution in [0.5, 0.6) is 0 Å². The van der Waals surface area contributed by atoms with Gasteiger partial charge in [-0.05, 0) is 54.7 Å². The van der Waals surface area contributed by atoms with Gasteiger partial charge in [-0.1, -0.05) is 76.9 Å². The molecular formula is C26H26BrNO2. The van der Waals surface area contributed by atoms with Gasteiger partial charge in [0, 0.05) is 22.4 Å². The summed E-state index contributed by atoms with van der Waals surface area (Å²) in [5.41, 5.74) is 7.10. The Bertz CT molecular complexity index is 1090. The van der Waals surface area contributed by atoms with Crippen LogP contribution in [0.2, 0.25) is 0 Å². The number of aromatic carboxylic acids is 1. The van der Waals surface area contributed by atoms with E-state index >= 15 is 0 Å². The first-order valence-electron chi connectivity index (χ1n) is 10.3. The second-order valence-electron chi connectivity index (χ2n) is 8.32. The second kappa shape index (κ2) is 8.27. The standard InChI is InChI=1S/C26H26BrNO2/c1-15-9-10-16(2)20(11-15)21-14-24(17(3)18-7-5-4-6-8-18)28-25-22(21)12-19(27)13-23(25)26(29)30/h4-13,17,21,24,28H,14H2,1-3H3,(H,29,30)/t17-,21+,24+/m0/s1. The van der Waals surface area contributed by atoms with E-state index in [1.807, 2.05) is 6.07 Å². The molecule has 0 bridgehead atoms. The van der Waals surface area contributed by atoms with Crippen molar-refractivity contribution < 1.29 is 9.90 Å². The van der Waals surface area contributed by atoms with E-state index in [1.54, 1.807) is 6.07 Å². The highest BCUT2D eigenvalue weighted by atomic mass is 79.9. The molecule has 0 fully saturated rings. The van der Waals surface area contributed by atoms with Crippen molar-refractivity contribution in [3.05, 3.63) is 98.5 Å². The summed E-state index contributed by atoms with van der Waals surface area (Å²) in [4.78, 5) is 12.1. The zero-order chi connectivity index (χ0) is 21.4. The molecule has 0 amide bonds. The van der Waals surface area contributed by atoms with Crippen LogP contribution < -0.4 is 5.32 Å². The maximum absolute atomic E-state index is 12.1. The molecule has 0 aliphatic carbocycles. The highest BCUT2D eigenvalue weighted by molar-refractivity contribution is 9.10. The Kier molecular flexibility index (Phi) is 5.70. The third kappa shape index (κ3) is 3.89. The van der Waals surface area contributed by atoms with Crippen LogP contribution in [-0.4, -0.2) is 17.1 Å². The molecule has 1 aliphatic heterocycles. The lowest BCUT2D eigenvalue weighted by molar-refractivity contribution is 0.0697. The van der Waals surface area contributed by atoms with E-state index in [1.165, 1.54) is 22.3 Å². The summed E-state index contributed by atoms with van der Waals surface area (Å²) in [7, 11) is 0. The molecule has 30 heavy (non-hydrogen) atoms. The van der Waals surface area contributed by atoms with Gasteiger partial charge in [-0.25, -0.2) is 4.79 Å². The zero-order valence-electron chi connectivity index (χ0n) is 17.4. The molecule has 4 rings (SSSR count). The summed E-state index contributed by atoms with van der Waals surface area (Å²) in [5, 5.41) is 13.5. The van der Waals surface area contributed by atoms with Crippen LogP contribution in [0.1, 0.15) is 63.4 Å². The number of halogens is 1. The van der Waals surface area contributed by atoms with Gasteiger partial charge >= 0.3 is 5.97 Å². The average molecular weight is 464 g/mol. The van der Waals surface area contributed by atoms with Crippen LogP contribution in [0, 0.1) is 13.8 Å². The molecule has 1 heterocycles. The summed E-state index contributed by atoms with van der Waals surface area (Å²) < 4.78 is 0.797. The lowest BCUT2D eigenvalue weighted by Crippen LogP contribution is -2.34. The maximum Gasteiger partial charge on any atom is 0.337 e. The van der Waals surface area contributed by atoms with E-state index < -0.39 is 5.97 Å². The lowest BCUT2D eigenvalue weighted by Gasteiger charge is -2.38. The van der Waals surface area contributed by atoms with Crippen molar-refractivity contribution in [2.75, 3.05) is 5.32 Å². The Balaban J connectivity index is 1.87. The topological polar surface area (TPSA) is 49.3 Å². The van der Waals surface area contributed by atoms with Crippen molar-refractivity contribution in [1.29, 1.82) is 0 Å². The number of anilines is 1. The van der Waals surface area contributed by atoms with Gasteiger partial charge in [0.05, 0.1) is 11.3 Å². The van der Waals surface area contributed by atoms with Crippen LogP contribution in [-0.2, 0) is 0 Å². The first kappa shape index (κ1) is 20.7. The Morgan fingerprint density at radius 1 is 1.07 bits per heavy atom. The summed E-state index contributed by atoms with van der Waals surface area (Å²) in [6.45, 7) is 6.47. The van der Waals surface area contributed by atoms with Gasteiger partial charge in [-0.15, -0.1) is 0 Å². The van der Waals surface area contributed by atoms with E-state index in [0.717, 1.165) is 22.1 Å². The minimum atomic E-state index is -0.909. The summed E-state index contributed by atoms with van der Waals surface area (Å²) >= 11 is 3.53. The number of carboxylic acid groups (broad SMARTS) is 1. The number of hydrogen-bond donors (Lipinski definition) is 2. The van der Waals surface area contributed by atoms with Crippen molar-refractivity contribution in [2.45, 2.75) is 45.1 Å². The fourth-order valence-electron chi connectivity index (χ4n) is 4.61. The smallest absolute Gasteiger partial charge is 0.337 e. The van der Waals surface area contributed by atoms with Crippen molar-refractivity contribution in [1.82, 2.24) is 0 Å². The molecule has 2 N–H and O–H groups in total. The van der Waals surface area contributed by atoms with E-state index in [-0.39, 0.29) is 17.9 Å². The van der Waals surface area contributed by atoms with Crippen LogP contribution in [0.3, 0.4) is 0 Å². The fraction of sp³-hybridized carbons (Fsp3) is 0.269. The number of nitrogens with one attached hydrogen (secondary N) is 1. The maximum atomic E-state index is 12.1. The molecule has 3 aromatic carbocycles. The summed E-state index contributed by atoms with van der Waals surface area (Å²) in [5.74, 6) is -0.530. The van der Waals surface area contributed by atoms with Crippen LogP contribution in [0.25, 0.3) is 0 Å². The number of carboxylic acids is 1. The summed E-state index contributed by atoms with van der Waals surface area (Å²) in [6.07, 6.45) is 0.906. The first-order chi connectivity index (χ1) is 14.3. The Hall–Kier alpha value is -2.59. The quantitative estimate of drug-likeness (QED) is 0.442. The van der Waals surface area contributed by atoms with Crippen LogP contribution in [0.15, 0.2) is 65.1 Å². The molecular weight excluding hydrogens is 438 g/mol. The Morgan fingerprint density at radius 3 is 2.50 bits per heavy atom. The van der Waals surface area contributed by atoms with Gasteiger partial charge in [-0.3, -0.25) is 0 Å². The molecule has 0 radical (unpaired) electrons. The fourth-order valence-corrected chi connectivity index (χ4v) is 5.08. The first-order valence-corrected chi connectivity index (χ1v) is 11.1. The highest BCUT2D eigenvalue weighted by Gasteiger charge is 2.34. The SMILES string of the molecule is Cc1ccc(C)c([C@H]2C[C@H]([C@@H](C)c3ccccc3)Nc3c(C(=O)O)cc(Br)cc32)c1. The average Bonchev–Trinajstić information content (AvgIpc) is 2.74. The third-order valence-electron chi connectivity index (χ3n) is 6.30. The van der Waals surface area contributed by atoms with Gasteiger partial charge in [0.1, 0.15) is 0 Å². The monoisotopic (exact) mass is 463 g/mol. The lowest BCUT2D eigenvalue weighted by atomic mass is 9.75. The number of carbonyl (C=O) groups is 1. The van der Waals surface area contributed by atoms with Crippen molar-refractivity contribution in [3.8, 4) is 0 Å². The predicted molar refractivity (Wildman–Crippen MR) is 126 cm³/mol. The van der Waals surface area contributed by atoms with E-state index in [2.05, 4.69) is 90.5 Å². The molecule has 0 saturated heterocycles. The van der Waals surface area contributed by atoms with E-state index in [9.17, 15) is 9.90 Å². The number of benzene rings is 3. The molecule has 3 nitrogen and oxygen atoms in total. The van der Waals surface area contributed by atoms with Gasteiger partial charge in [0.2, 0.25) is 0 Å². The minimum Gasteiger partial charge on any atom is -0.478 e. The molecule has 4 heteroatoms. The number of aryl methyl sites for hydroxylation is 2. The number of rotatable bonds is 4. The highest BCUT2D eigenvalue weighted by Crippen LogP contribution is 2.45. The normalized spacial score (nSPS) is 18.9. The van der Waals surface area contributed by atoms with E-state index in [0.29, 0.717) is 5.56 Å². The molecule has 1 aliphatic rings. The van der Waals surface area contributed by atoms with Gasteiger partial charge in [0.25, 0.3) is 0 Å². The zero-order valence-corrected chi connectivity index (χ0v) is 19.0. The predicted octanol–water partition coefficient (Wildman–Crippen LogP) is 6.88. The number of hydrogen-bond acceptors (Lipinski definition) is 2. The summed E-state index contributed by atoms with van der Waals surface area (Å²) in [6, 6.07) is 20.9. The van der Waals surface area contributed by atoms with Gasteiger partial charge < -0.3 is 10.4 Å². The van der Waals surface area contributed by atoms with Crippen LogP contribution in [0.4, 0.5) is 5.69 Å². The molecule has 3 atom stereocenters. The van der Waals surface area contributed by atoms with Crippen LogP contribution >= 0.6 is 15.9 Å². The number of fused-ring (bicyclic) bond motifs is 1. The molecule has 154 valence electrons. The van der Waals surface area contributed by atoms with Gasteiger partial charge in [0.15, 0.2) is 0 Å². The molecule has 0 aromatic heterocycles. The largest absolute Gasteiger partial charge is 0.478 e. The van der Waals surface area contributed by atoms with Crippen molar-refractivity contribution in [2.24, 2.45) is 0 Å². The molecule has 0 saturated carbocycles. The third-order valence-corrected chi connectivity index (χ3v) is 6.76. The van der Waals surface area contributed by atoms with Crippen molar-refractivity contribution >= 4 is 27.6 Å². The molecule has 0 spiro atoms. The Labute approximate surface area is 186 Å². The van der Waals surface area contributed by atoms with Gasteiger partial charge in [-0.2, -0.15) is 0 Å². The molecule has 0 unspecified atom stereocenters. The minimum absolute atomic E-state index is 0.129. The molecule has 3 aromatic rings. The van der Waals surface area contributed by atoms with E-state index in [4.69, 9.17) is 0 Å². The Morgan fingerprint density at radius 2 is 1.80 bits per heavy atom. The second-order valence-corrected chi connectivity index (χ2v) is 9.24. The van der Waals surface area contributed by atoms with Crippen molar-refractivity contribution in [3.63, 3.8) is 0 Å².